The van der Waals surface area contributed by atoms with Gasteiger partial charge in [0.1, 0.15) is 11.6 Å². The number of halogens is 1. The molecule has 5 heterocycles. The molecular weight excluding hydrogens is 482 g/mol. The quantitative estimate of drug-likeness (QED) is 0.474. The molecule has 1 N–H and O–H groups in total. The molecule has 8 nitrogen and oxygen atoms in total. The summed E-state index contributed by atoms with van der Waals surface area (Å²) in [4.78, 5) is 30.4. The van der Waals surface area contributed by atoms with Gasteiger partial charge in [0.15, 0.2) is 0 Å². The van der Waals surface area contributed by atoms with Crippen LogP contribution in [0.5, 0.6) is 0 Å². The lowest BCUT2D eigenvalue weighted by atomic mass is 9.98. The molecule has 0 radical (unpaired) electrons. The standard InChI is InChI=1S/C25H30ClN7OS/c1-35-29-19-8-7-17(26)14-18(19)24(34)32-13-3-2-6-21(32)20-16-33-23(31-11-5-12-31)15-22(28-25(33)27-20)30-9-4-10-30/h7-8,14-16,21,29H,2-6,9-13H2,1H3. The Labute approximate surface area is 214 Å². The van der Waals surface area contributed by atoms with Gasteiger partial charge in [-0.05, 0) is 50.3 Å². The van der Waals surface area contributed by atoms with Crippen molar-refractivity contribution in [2.24, 2.45) is 0 Å². The molecule has 0 bridgehead atoms. The van der Waals surface area contributed by atoms with E-state index in [0.717, 1.165) is 74.2 Å². The van der Waals surface area contributed by atoms with E-state index in [2.05, 4.69) is 31.2 Å². The Bertz CT molecular complexity index is 1260. The number of piperidine rings is 1. The number of aromatic nitrogens is 3. The summed E-state index contributed by atoms with van der Waals surface area (Å²) in [6.07, 6.45) is 9.41. The van der Waals surface area contributed by atoms with Crippen LogP contribution in [0.15, 0.2) is 30.5 Å². The van der Waals surface area contributed by atoms with Gasteiger partial charge in [0, 0.05) is 56.3 Å². The highest BCUT2D eigenvalue weighted by Gasteiger charge is 2.33. The van der Waals surface area contributed by atoms with Crippen LogP contribution in [0.3, 0.4) is 0 Å². The van der Waals surface area contributed by atoms with Crippen LogP contribution in [0.25, 0.3) is 5.78 Å². The maximum Gasteiger partial charge on any atom is 0.256 e. The Morgan fingerprint density at radius 1 is 1.03 bits per heavy atom. The number of hydrogen-bond acceptors (Lipinski definition) is 7. The molecule has 3 saturated heterocycles. The number of nitrogens with zero attached hydrogens (tertiary/aromatic N) is 6. The SMILES string of the molecule is CSNc1ccc(Cl)cc1C(=O)N1CCCCC1c1cn2c(N3CCC3)cc(N3CCC3)nc2n1. The van der Waals surface area contributed by atoms with Crippen molar-refractivity contribution in [2.75, 3.05) is 53.5 Å². The first kappa shape index (κ1) is 22.8. The molecule has 0 aliphatic carbocycles. The van der Waals surface area contributed by atoms with E-state index in [9.17, 15) is 4.79 Å². The number of imidazole rings is 1. The highest BCUT2D eigenvalue weighted by atomic mass is 35.5. The molecule has 10 heteroatoms. The smallest absolute Gasteiger partial charge is 0.256 e. The van der Waals surface area contributed by atoms with Crippen molar-refractivity contribution in [1.82, 2.24) is 19.3 Å². The maximum absolute atomic E-state index is 13.8. The van der Waals surface area contributed by atoms with Crippen molar-refractivity contribution in [1.29, 1.82) is 0 Å². The number of carbonyl (C=O) groups excluding carboxylic acids is 1. The molecule has 3 aromatic rings. The molecule has 35 heavy (non-hydrogen) atoms. The van der Waals surface area contributed by atoms with E-state index in [1.54, 1.807) is 6.07 Å². The predicted octanol–water partition coefficient (Wildman–Crippen LogP) is 4.86. The fourth-order valence-corrected chi connectivity index (χ4v) is 5.71. The third-order valence-electron chi connectivity index (χ3n) is 7.31. The van der Waals surface area contributed by atoms with Crippen molar-refractivity contribution in [3.05, 3.63) is 46.7 Å². The molecule has 3 aliphatic heterocycles. The Morgan fingerprint density at radius 3 is 2.54 bits per heavy atom. The minimum atomic E-state index is -0.0873. The third kappa shape index (κ3) is 4.18. The Balaban J connectivity index is 1.38. The fraction of sp³-hybridized carbons (Fsp3) is 0.480. The van der Waals surface area contributed by atoms with E-state index in [1.165, 1.54) is 24.8 Å². The minimum Gasteiger partial charge on any atom is -0.357 e. The van der Waals surface area contributed by atoms with Gasteiger partial charge in [0.25, 0.3) is 5.91 Å². The van der Waals surface area contributed by atoms with Gasteiger partial charge in [-0.15, -0.1) is 0 Å². The van der Waals surface area contributed by atoms with Crippen molar-refractivity contribution < 1.29 is 4.79 Å². The van der Waals surface area contributed by atoms with Gasteiger partial charge in [-0.3, -0.25) is 9.20 Å². The van der Waals surface area contributed by atoms with E-state index in [0.29, 0.717) is 17.1 Å². The summed E-state index contributed by atoms with van der Waals surface area (Å²) in [5.74, 6) is 2.86. The Hall–Kier alpha value is -2.65. The van der Waals surface area contributed by atoms with E-state index in [-0.39, 0.29) is 11.9 Å². The highest BCUT2D eigenvalue weighted by molar-refractivity contribution is 7.99. The average molecular weight is 512 g/mol. The highest BCUT2D eigenvalue weighted by Crippen LogP contribution is 2.36. The summed E-state index contributed by atoms with van der Waals surface area (Å²) >= 11 is 7.76. The summed E-state index contributed by atoms with van der Waals surface area (Å²) < 4.78 is 5.35. The van der Waals surface area contributed by atoms with Crippen molar-refractivity contribution in [3.63, 3.8) is 0 Å². The zero-order valence-corrected chi connectivity index (χ0v) is 21.5. The van der Waals surface area contributed by atoms with Crippen molar-refractivity contribution in [2.45, 2.75) is 38.1 Å². The van der Waals surface area contributed by atoms with Crippen LogP contribution >= 0.6 is 23.5 Å². The number of rotatable bonds is 6. The number of carbonyl (C=O) groups is 1. The topological polar surface area (TPSA) is 69.0 Å². The number of anilines is 3. The second-order valence-corrected chi connectivity index (χ2v) is 10.5. The van der Waals surface area contributed by atoms with Crippen LogP contribution in [0, 0.1) is 0 Å². The number of hydrogen-bond donors (Lipinski definition) is 1. The van der Waals surface area contributed by atoms with Crippen LogP contribution in [-0.4, -0.2) is 64.2 Å². The van der Waals surface area contributed by atoms with E-state index in [1.807, 2.05) is 23.3 Å². The summed E-state index contributed by atoms with van der Waals surface area (Å²) in [5.41, 5.74) is 2.30. The molecule has 2 aromatic heterocycles. The van der Waals surface area contributed by atoms with Crippen LogP contribution in [-0.2, 0) is 0 Å². The second-order valence-electron chi connectivity index (χ2n) is 9.50. The van der Waals surface area contributed by atoms with Gasteiger partial charge < -0.3 is 19.4 Å². The van der Waals surface area contributed by atoms with Crippen molar-refractivity contribution in [3.8, 4) is 0 Å². The minimum absolute atomic E-state index is 0.0111. The number of likely N-dealkylation sites (tertiary alicyclic amines) is 1. The summed E-state index contributed by atoms with van der Waals surface area (Å²) in [6, 6.07) is 7.56. The molecule has 1 aromatic carbocycles. The van der Waals surface area contributed by atoms with Gasteiger partial charge in [0.05, 0.1) is 23.0 Å². The molecule has 1 amide bonds. The number of benzene rings is 1. The van der Waals surface area contributed by atoms with Gasteiger partial charge in [-0.1, -0.05) is 23.5 Å². The van der Waals surface area contributed by atoms with Gasteiger partial charge in [-0.2, -0.15) is 4.98 Å². The second kappa shape index (κ2) is 9.43. The zero-order valence-electron chi connectivity index (χ0n) is 19.9. The van der Waals surface area contributed by atoms with Crippen LogP contribution in [0.2, 0.25) is 5.02 Å². The molecule has 3 aliphatic rings. The fourth-order valence-electron chi connectivity index (χ4n) is 5.14. The van der Waals surface area contributed by atoms with E-state index < -0.39 is 0 Å². The Kier molecular flexibility index (Phi) is 6.14. The average Bonchev–Trinajstić information content (AvgIpc) is 3.22. The Morgan fingerprint density at radius 2 is 1.83 bits per heavy atom. The molecular formula is C25H30ClN7OS. The monoisotopic (exact) mass is 511 g/mol. The van der Waals surface area contributed by atoms with Crippen molar-refractivity contribution >= 4 is 52.6 Å². The lowest BCUT2D eigenvalue weighted by Crippen LogP contribution is -2.40. The lowest BCUT2D eigenvalue weighted by Gasteiger charge is -2.36. The maximum atomic E-state index is 13.8. The zero-order chi connectivity index (χ0) is 23.9. The molecule has 3 fully saturated rings. The molecule has 0 spiro atoms. The number of fused-ring (bicyclic) bond motifs is 1. The molecule has 0 saturated carbocycles. The largest absolute Gasteiger partial charge is 0.357 e. The van der Waals surface area contributed by atoms with Crippen LogP contribution < -0.4 is 14.5 Å². The predicted molar refractivity (Wildman–Crippen MR) is 143 cm³/mol. The number of amides is 1. The molecule has 6 rings (SSSR count). The van der Waals surface area contributed by atoms with Gasteiger partial charge in [0.2, 0.25) is 5.78 Å². The third-order valence-corrected chi connectivity index (χ3v) is 7.97. The van der Waals surface area contributed by atoms with Gasteiger partial charge >= 0.3 is 0 Å². The number of nitrogens with one attached hydrogen (secondary N) is 1. The van der Waals surface area contributed by atoms with Crippen LogP contribution in [0.1, 0.15) is 54.2 Å². The normalized spacial score (nSPS) is 20.1. The lowest BCUT2D eigenvalue weighted by molar-refractivity contribution is 0.0608. The van der Waals surface area contributed by atoms with Gasteiger partial charge in [-0.25, -0.2) is 4.98 Å². The first-order chi connectivity index (χ1) is 17.1. The van der Waals surface area contributed by atoms with E-state index in [4.69, 9.17) is 21.6 Å². The van der Waals surface area contributed by atoms with Crippen LogP contribution in [0.4, 0.5) is 17.3 Å². The first-order valence-electron chi connectivity index (χ1n) is 12.4. The summed E-state index contributed by atoms with van der Waals surface area (Å²) in [6.45, 7) is 4.91. The molecule has 1 atom stereocenters. The van der Waals surface area contributed by atoms with E-state index >= 15 is 0 Å². The summed E-state index contributed by atoms with van der Waals surface area (Å²) in [5, 5.41) is 0.559. The molecule has 184 valence electrons. The molecule has 1 unspecified atom stereocenters. The summed E-state index contributed by atoms with van der Waals surface area (Å²) in [7, 11) is 0. The first-order valence-corrected chi connectivity index (χ1v) is 14.0.